The van der Waals surface area contributed by atoms with Crippen molar-refractivity contribution in [2.24, 2.45) is 11.7 Å². The molecule has 2 N–H and O–H groups in total. The molecule has 0 heterocycles. The van der Waals surface area contributed by atoms with Crippen LogP contribution >= 0.6 is 0 Å². The van der Waals surface area contributed by atoms with E-state index in [1.54, 1.807) is 0 Å². The van der Waals surface area contributed by atoms with Gasteiger partial charge in [0.2, 0.25) is 5.91 Å². The van der Waals surface area contributed by atoms with E-state index in [0.717, 1.165) is 12.3 Å². The lowest BCUT2D eigenvalue weighted by Crippen LogP contribution is -2.09. The van der Waals surface area contributed by atoms with Crippen LogP contribution < -0.4 is 5.73 Å². The number of carbonyl (C=O) groups excluding carboxylic acids is 1. The molecule has 180 valence electrons. The molecule has 30 heavy (non-hydrogen) atoms. The highest BCUT2D eigenvalue weighted by molar-refractivity contribution is 5.73. The topological polar surface area (TPSA) is 43.1 Å². The molecule has 0 saturated carbocycles. The van der Waals surface area contributed by atoms with Crippen molar-refractivity contribution in [3.63, 3.8) is 0 Å². The first-order valence-corrected chi connectivity index (χ1v) is 13.9. The molecule has 0 aromatic rings. The van der Waals surface area contributed by atoms with Gasteiger partial charge in [-0.1, -0.05) is 155 Å². The highest BCUT2D eigenvalue weighted by Crippen LogP contribution is 2.16. The number of hydrogen-bond donors (Lipinski definition) is 1. The van der Waals surface area contributed by atoms with Crippen molar-refractivity contribution >= 4 is 5.91 Å². The molecule has 0 saturated heterocycles. The van der Waals surface area contributed by atoms with Gasteiger partial charge >= 0.3 is 0 Å². The van der Waals surface area contributed by atoms with Crippen LogP contribution in [-0.2, 0) is 4.79 Å². The van der Waals surface area contributed by atoms with Crippen LogP contribution in [0.4, 0.5) is 0 Å². The van der Waals surface area contributed by atoms with Crippen molar-refractivity contribution < 1.29 is 4.79 Å². The van der Waals surface area contributed by atoms with E-state index in [-0.39, 0.29) is 5.91 Å². The van der Waals surface area contributed by atoms with Crippen molar-refractivity contribution in [3.05, 3.63) is 0 Å². The molecule has 0 aromatic heterocycles. The van der Waals surface area contributed by atoms with E-state index < -0.39 is 0 Å². The monoisotopic (exact) mass is 423 g/mol. The minimum Gasteiger partial charge on any atom is -0.370 e. The predicted molar refractivity (Wildman–Crippen MR) is 135 cm³/mol. The van der Waals surface area contributed by atoms with E-state index in [0.29, 0.717) is 6.42 Å². The Kier molecular flexibility index (Phi) is 24.3. The summed E-state index contributed by atoms with van der Waals surface area (Å²) in [5.41, 5.74) is 5.15. The molecule has 0 spiro atoms. The van der Waals surface area contributed by atoms with Crippen molar-refractivity contribution in [2.75, 3.05) is 0 Å². The van der Waals surface area contributed by atoms with Gasteiger partial charge in [-0.2, -0.15) is 0 Å². The molecule has 0 bridgehead atoms. The van der Waals surface area contributed by atoms with Crippen molar-refractivity contribution in [1.82, 2.24) is 0 Å². The normalized spacial score (nSPS) is 11.4. The molecule has 0 aliphatic carbocycles. The summed E-state index contributed by atoms with van der Waals surface area (Å²) in [6.07, 6.45) is 32.8. The standard InChI is InChI=1S/C28H57NO/c1-27(2)25-23-21-19-17-15-13-11-9-7-5-3-4-6-8-10-12-14-16-18-20-22-24-26-28(29)30/h27H,3-26H2,1-2H3,(H2,29,30). The van der Waals surface area contributed by atoms with Crippen LogP contribution in [0.25, 0.3) is 0 Å². The lowest BCUT2D eigenvalue weighted by molar-refractivity contribution is -0.118. The SMILES string of the molecule is CC(C)CCCCCCCCCCCCCCCCCCCCCCCCC(N)=O. The second kappa shape index (κ2) is 24.7. The number of carbonyl (C=O) groups is 1. The van der Waals surface area contributed by atoms with Gasteiger partial charge in [-0.3, -0.25) is 4.79 Å². The smallest absolute Gasteiger partial charge is 0.217 e. The van der Waals surface area contributed by atoms with Crippen LogP contribution in [0.3, 0.4) is 0 Å². The van der Waals surface area contributed by atoms with E-state index in [1.807, 2.05) is 0 Å². The molecule has 0 aromatic carbocycles. The zero-order valence-corrected chi connectivity index (χ0v) is 21.0. The lowest BCUT2D eigenvalue weighted by Gasteiger charge is -2.05. The molecule has 2 nitrogen and oxygen atoms in total. The minimum atomic E-state index is -0.149. The molecule has 2 heteroatoms. The van der Waals surface area contributed by atoms with Gasteiger partial charge in [0.05, 0.1) is 0 Å². The first-order chi connectivity index (χ1) is 14.6. The number of rotatable bonds is 25. The van der Waals surface area contributed by atoms with Crippen LogP contribution in [0.1, 0.15) is 168 Å². The van der Waals surface area contributed by atoms with Crippen molar-refractivity contribution in [2.45, 2.75) is 168 Å². The molecule has 0 aliphatic rings. The van der Waals surface area contributed by atoms with E-state index in [1.165, 1.54) is 141 Å². The van der Waals surface area contributed by atoms with E-state index in [9.17, 15) is 4.79 Å². The summed E-state index contributed by atoms with van der Waals surface area (Å²) in [5, 5.41) is 0. The van der Waals surface area contributed by atoms with Gasteiger partial charge in [0.15, 0.2) is 0 Å². The molecule has 0 rings (SSSR count). The van der Waals surface area contributed by atoms with Crippen molar-refractivity contribution in [1.29, 1.82) is 0 Å². The Morgan fingerprint density at radius 1 is 0.467 bits per heavy atom. The molecular weight excluding hydrogens is 366 g/mol. The summed E-state index contributed by atoms with van der Waals surface area (Å²) < 4.78 is 0. The third-order valence-corrected chi connectivity index (χ3v) is 6.45. The maximum absolute atomic E-state index is 10.7. The van der Waals surface area contributed by atoms with E-state index >= 15 is 0 Å². The number of unbranched alkanes of at least 4 members (excludes halogenated alkanes) is 21. The van der Waals surface area contributed by atoms with Crippen LogP contribution in [-0.4, -0.2) is 5.91 Å². The van der Waals surface area contributed by atoms with Gasteiger partial charge in [-0.05, 0) is 12.3 Å². The second-order valence-corrected chi connectivity index (χ2v) is 10.2. The second-order valence-electron chi connectivity index (χ2n) is 10.2. The number of primary amides is 1. The average molecular weight is 424 g/mol. The quantitative estimate of drug-likeness (QED) is 0.146. The molecule has 0 radical (unpaired) electrons. The van der Waals surface area contributed by atoms with Gasteiger partial charge < -0.3 is 5.73 Å². The fraction of sp³-hybridized carbons (Fsp3) is 0.964. The summed E-state index contributed by atoms with van der Waals surface area (Å²) in [4.78, 5) is 10.7. The summed E-state index contributed by atoms with van der Waals surface area (Å²) in [6, 6.07) is 0. The molecule has 1 amide bonds. The Morgan fingerprint density at radius 2 is 0.700 bits per heavy atom. The van der Waals surface area contributed by atoms with Crippen LogP contribution in [0.2, 0.25) is 0 Å². The Hall–Kier alpha value is -0.530. The zero-order chi connectivity index (χ0) is 22.1. The first-order valence-electron chi connectivity index (χ1n) is 13.9. The summed E-state index contributed by atoms with van der Waals surface area (Å²) in [5.74, 6) is 0.738. The van der Waals surface area contributed by atoms with E-state index in [4.69, 9.17) is 5.73 Å². The maximum Gasteiger partial charge on any atom is 0.217 e. The summed E-state index contributed by atoms with van der Waals surface area (Å²) in [7, 11) is 0. The first kappa shape index (κ1) is 29.5. The third kappa shape index (κ3) is 27.5. The minimum absolute atomic E-state index is 0.149. The average Bonchev–Trinajstić information content (AvgIpc) is 2.70. The van der Waals surface area contributed by atoms with Crippen LogP contribution in [0, 0.1) is 5.92 Å². The lowest BCUT2D eigenvalue weighted by atomic mass is 10.0. The highest BCUT2D eigenvalue weighted by Gasteiger charge is 1.97. The number of hydrogen-bond acceptors (Lipinski definition) is 1. The fourth-order valence-corrected chi connectivity index (χ4v) is 4.39. The van der Waals surface area contributed by atoms with Crippen molar-refractivity contribution in [3.8, 4) is 0 Å². The van der Waals surface area contributed by atoms with Crippen LogP contribution in [0.5, 0.6) is 0 Å². The van der Waals surface area contributed by atoms with Gasteiger partial charge in [0.1, 0.15) is 0 Å². The number of nitrogens with two attached hydrogens (primary N) is 1. The molecule has 0 fully saturated rings. The van der Waals surface area contributed by atoms with Gasteiger partial charge in [0, 0.05) is 6.42 Å². The Labute approximate surface area is 190 Å². The van der Waals surface area contributed by atoms with Gasteiger partial charge in [-0.15, -0.1) is 0 Å². The molecule has 0 atom stereocenters. The summed E-state index contributed by atoms with van der Waals surface area (Å²) >= 11 is 0. The van der Waals surface area contributed by atoms with Crippen LogP contribution in [0.15, 0.2) is 0 Å². The van der Waals surface area contributed by atoms with Gasteiger partial charge in [0.25, 0.3) is 0 Å². The Morgan fingerprint density at radius 3 is 0.933 bits per heavy atom. The molecule has 0 unspecified atom stereocenters. The molecular formula is C28H57NO. The zero-order valence-electron chi connectivity index (χ0n) is 21.0. The molecule has 0 aliphatic heterocycles. The Balaban J connectivity index is 3.01. The summed E-state index contributed by atoms with van der Waals surface area (Å²) in [6.45, 7) is 4.67. The number of amides is 1. The fourth-order valence-electron chi connectivity index (χ4n) is 4.39. The largest absolute Gasteiger partial charge is 0.370 e. The Bertz CT molecular complexity index is 340. The third-order valence-electron chi connectivity index (χ3n) is 6.45. The van der Waals surface area contributed by atoms with Gasteiger partial charge in [-0.25, -0.2) is 0 Å². The maximum atomic E-state index is 10.7. The predicted octanol–water partition coefficient (Wildman–Crippen LogP) is 9.49. The van der Waals surface area contributed by atoms with E-state index in [2.05, 4.69) is 13.8 Å². The highest BCUT2D eigenvalue weighted by atomic mass is 16.1.